The second kappa shape index (κ2) is 6.13. The molecule has 0 spiro atoms. The van der Waals surface area contributed by atoms with Crippen molar-refractivity contribution in [2.75, 3.05) is 0 Å². The smallest absolute Gasteiger partial charge is 0.0967 e. The molecule has 0 saturated carbocycles. The quantitative estimate of drug-likeness (QED) is 0.298. The van der Waals surface area contributed by atoms with E-state index >= 15 is 0 Å². The molecule has 0 bridgehead atoms. The molecule has 0 amide bonds. The van der Waals surface area contributed by atoms with Gasteiger partial charge in [-0.2, -0.15) is 0 Å². The number of aromatic nitrogens is 3. The predicted octanol–water partition coefficient (Wildman–Crippen LogP) is 7.24. The molecule has 0 saturated heterocycles. The molecule has 0 fully saturated rings. The second-order valence-electron chi connectivity index (χ2n) is 7.98. The Bertz CT molecular complexity index is 1790. The van der Waals surface area contributed by atoms with Crippen LogP contribution in [-0.4, -0.2) is 15.0 Å². The first-order valence-electron chi connectivity index (χ1n) is 10.4. The van der Waals surface area contributed by atoms with Crippen molar-refractivity contribution in [1.82, 2.24) is 15.0 Å². The molecule has 3 heteroatoms. The largest absolute Gasteiger partial charge is 0.344 e. The van der Waals surface area contributed by atoms with E-state index in [9.17, 15) is 0 Å². The summed E-state index contributed by atoms with van der Waals surface area (Å²) < 4.78 is 0. The fraction of sp³-hybridized carbons (Fsp3) is 0. The fourth-order valence-corrected chi connectivity index (χ4v) is 4.90. The molecular weight excluding hydrogens is 378 g/mol. The van der Waals surface area contributed by atoms with Crippen molar-refractivity contribution in [3.63, 3.8) is 0 Å². The van der Waals surface area contributed by atoms with Crippen LogP contribution in [0.5, 0.6) is 0 Å². The topological polar surface area (TPSA) is 41.6 Å². The van der Waals surface area contributed by atoms with E-state index in [0.717, 1.165) is 33.1 Å². The first-order chi connectivity index (χ1) is 15.4. The molecule has 2 heterocycles. The van der Waals surface area contributed by atoms with Crippen LogP contribution in [0.2, 0.25) is 0 Å². The number of para-hydroxylation sites is 1. The van der Waals surface area contributed by atoms with Gasteiger partial charge in [0.2, 0.25) is 0 Å². The van der Waals surface area contributed by atoms with E-state index in [0.29, 0.717) is 0 Å². The first-order valence-corrected chi connectivity index (χ1v) is 10.4. The van der Waals surface area contributed by atoms with Crippen LogP contribution in [0, 0.1) is 0 Å². The molecule has 144 valence electrons. The minimum atomic E-state index is 1.02. The van der Waals surface area contributed by atoms with Gasteiger partial charge in [0.25, 0.3) is 0 Å². The van der Waals surface area contributed by atoms with E-state index in [2.05, 4.69) is 94.9 Å². The van der Waals surface area contributed by atoms with Crippen molar-refractivity contribution in [3.05, 3.63) is 97.5 Å². The maximum absolute atomic E-state index is 4.85. The van der Waals surface area contributed by atoms with Gasteiger partial charge in [-0.15, -0.1) is 0 Å². The maximum Gasteiger partial charge on any atom is 0.0967 e. The van der Waals surface area contributed by atoms with Crippen LogP contribution in [0.15, 0.2) is 97.5 Å². The van der Waals surface area contributed by atoms with Gasteiger partial charge in [0.05, 0.1) is 22.9 Å². The van der Waals surface area contributed by atoms with Crippen molar-refractivity contribution >= 4 is 54.3 Å². The molecule has 5 aromatic carbocycles. The Hall–Kier alpha value is -4.24. The average Bonchev–Trinajstić information content (AvgIpc) is 3.34. The van der Waals surface area contributed by atoms with Crippen molar-refractivity contribution in [2.24, 2.45) is 0 Å². The number of pyridine rings is 1. The summed E-state index contributed by atoms with van der Waals surface area (Å²) in [7, 11) is 0. The molecule has 2 aromatic heterocycles. The van der Waals surface area contributed by atoms with Gasteiger partial charge < -0.3 is 4.98 Å². The highest BCUT2D eigenvalue weighted by Gasteiger charge is 2.13. The van der Waals surface area contributed by atoms with Crippen molar-refractivity contribution in [3.8, 4) is 11.1 Å². The molecular formula is C28H17N3. The summed E-state index contributed by atoms with van der Waals surface area (Å²) >= 11 is 0. The van der Waals surface area contributed by atoms with Gasteiger partial charge in [-0.1, -0.05) is 78.9 Å². The molecule has 0 aliphatic rings. The molecule has 0 unspecified atom stereocenters. The number of rotatable bonds is 1. The lowest BCUT2D eigenvalue weighted by Crippen LogP contribution is -1.88. The Balaban J connectivity index is 1.58. The number of hydrogen-bond acceptors (Lipinski definition) is 2. The van der Waals surface area contributed by atoms with E-state index in [-0.39, 0.29) is 0 Å². The zero-order valence-corrected chi connectivity index (χ0v) is 16.6. The lowest BCUT2D eigenvalue weighted by atomic mass is 9.94. The van der Waals surface area contributed by atoms with E-state index in [1.54, 1.807) is 6.33 Å². The van der Waals surface area contributed by atoms with Crippen molar-refractivity contribution < 1.29 is 0 Å². The molecule has 0 atom stereocenters. The summed E-state index contributed by atoms with van der Waals surface area (Å²) in [6.07, 6.45) is 3.76. The highest BCUT2D eigenvalue weighted by molar-refractivity contribution is 6.24. The van der Waals surface area contributed by atoms with Crippen LogP contribution >= 0.6 is 0 Å². The summed E-state index contributed by atoms with van der Waals surface area (Å²) in [5.41, 5.74) is 5.43. The van der Waals surface area contributed by atoms with E-state index in [4.69, 9.17) is 4.98 Å². The summed E-state index contributed by atoms with van der Waals surface area (Å²) in [6, 6.07) is 30.1. The van der Waals surface area contributed by atoms with Crippen LogP contribution in [0.25, 0.3) is 65.4 Å². The van der Waals surface area contributed by atoms with Gasteiger partial charge in [-0.25, -0.2) is 4.98 Å². The zero-order valence-electron chi connectivity index (χ0n) is 16.6. The van der Waals surface area contributed by atoms with Crippen LogP contribution in [-0.2, 0) is 0 Å². The Labute approximate surface area is 178 Å². The van der Waals surface area contributed by atoms with E-state index in [1.807, 2.05) is 6.20 Å². The Morgan fingerprint density at radius 3 is 2.23 bits per heavy atom. The predicted molar refractivity (Wildman–Crippen MR) is 129 cm³/mol. The second-order valence-corrected chi connectivity index (χ2v) is 7.98. The molecule has 3 nitrogen and oxygen atoms in total. The third-order valence-corrected chi connectivity index (χ3v) is 6.33. The summed E-state index contributed by atoms with van der Waals surface area (Å²) in [6.45, 7) is 0. The summed E-state index contributed by atoms with van der Waals surface area (Å²) in [4.78, 5) is 12.8. The Kier molecular flexibility index (Phi) is 3.27. The SMILES string of the molecule is c1ccc2c(c1)cnc1c(-c3ccc4c5ccccc5c5nc[nH]c5c4c3)cccc12. The maximum atomic E-state index is 4.85. The third-order valence-electron chi connectivity index (χ3n) is 6.33. The molecule has 31 heavy (non-hydrogen) atoms. The monoisotopic (exact) mass is 395 g/mol. The number of nitrogens with one attached hydrogen (secondary N) is 1. The lowest BCUT2D eigenvalue weighted by Gasteiger charge is -2.11. The van der Waals surface area contributed by atoms with Crippen LogP contribution in [0.3, 0.4) is 0 Å². The van der Waals surface area contributed by atoms with Crippen molar-refractivity contribution in [2.45, 2.75) is 0 Å². The highest BCUT2D eigenvalue weighted by Crippen LogP contribution is 2.37. The summed E-state index contributed by atoms with van der Waals surface area (Å²) in [5, 5.41) is 8.40. The number of benzene rings is 5. The molecule has 0 radical (unpaired) electrons. The Morgan fingerprint density at radius 2 is 1.29 bits per heavy atom. The van der Waals surface area contributed by atoms with Crippen LogP contribution < -0.4 is 0 Å². The number of nitrogens with zero attached hydrogens (tertiary/aromatic N) is 2. The van der Waals surface area contributed by atoms with E-state index in [1.165, 1.54) is 32.3 Å². The van der Waals surface area contributed by atoms with Crippen LogP contribution in [0.4, 0.5) is 0 Å². The average molecular weight is 395 g/mol. The molecule has 7 aromatic rings. The van der Waals surface area contributed by atoms with Gasteiger partial charge in [-0.05, 0) is 27.8 Å². The zero-order chi connectivity index (χ0) is 20.4. The number of aromatic amines is 1. The van der Waals surface area contributed by atoms with Gasteiger partial charge in [0.15, 0.2) is 0 Å². The van der Waals surface area contributed by atoms with Gasteiger partial charge in [-0.3, -0.25) is 4.98 Å². The van der Waals surface area contributed by atoms with Gasteiger partial charge in [0, 0.05) is 33.3 Å². The number of H-pyrrole nitrogens is 1. The third kappa shape index (κ3) is 2.29. The highest BCUT2D eigenvalue weighted by atomic mass is 14.9. The number of fused-ring (bicyclic) bond motifs is 9. The number of imidazole rings is 1. The van der Waals surface area contributed by atoms with Gasteiger partial charge in [0.1, 0.15) is 0 Å². The number of hydrogen-bond donors (Lipinski definition) is 1. The minimum absolute atomic E-state index is 1.02. The minimum Gasteiger partial charge on any atom is -0.344 e. The Morgan fingerprint density at radius 1 is 0.548 bits per heavy atom. The van der Waals surface area contributed by atoms with Crippen molar-refractivity contribution in [1.29, 1.82) is 0 Å². The lowest BCUT2D eigenvalue weighted by molar-refractivity contribution is 1.35. The van der Waals surface area contributed by atoms with Crippen LogP contribution in [0.1, 0.15) is 0 Å². The molecule has 7 rings (SSSR count). The molecule has 0 aliphatic carbocycles. The first kappa shape index (κ1) is 16.5. The summed E-state index contributed by atoms with van der Waals surface area (Å²) in [5.74, 6) is 0. The van der Waals surface area contributed by atoms with E-state index < -0.39 is 0 Å². The fourth-order valence-electron chi connectivity index (χ4n) is 4.90. The standard InChI is InChI=1S/C28H17N3/c1-2-7-19-18(6-1)15-29-26-20(10-5-11-23(19)26)17-12-13-22-21-8-3-4-9-24(21)27-28(25(22)14-17)31-16-30-27/h1-16H,(H,30,31). The molecule has 0 aliphatic heterocycles. The normalized spacial score (nSPS) is 11.9. The molecule has 1 N–H and O–H groups in total. The van der Waals surface area contributed by atoms with Gasteiger partial charge >= 0.3 is 0 Å².